The summed E-state index contributed by atoms with van der Waals surface area (Å²) in [5.41, 5.74) is 1.11. The molecule has 1 aromatic heterocycles. The molecule has 1 heterocycles. The summed E-state index contributed by atoms with van der Waals surface area (Å²) in [7, 11) is 0. The molecule has 3 heteroatoms. The van der Waals surface area contributed by atoms with Crippen LogP contribution in [0, 0.1) is 18.3 Å². The van der Waals surface area contributed by atoms with Gasteiger partial charge in [0, 0.05) is 6.07 Å². The van der Waals surface area contributed by atoms with Crippen molar-refractivity contribution in [3.63, 3.8) is 0 Å². The van der Waals surface area contributed by atoms with E-state index in [9.17, 15) is 0 Å². The van der Waals surface area contributed by atoms with Crippen molar-refractivity contribution in [3.8, 4) is 17.8 Å². The summed E-state index contributed by atoms with van der Waals surface area (Å²) < 4.78 is 10.5. The highest BCUT2D eigenvalue weighted by Crippen LogP contribution is 2.23. The third kappa shape index (κ3) is 2.18. The average molecular weight is 199 g/mol. The fourth-order valence-electron chi connectivity index (χ4n) is 1.23. The highest BCUT2D eigenvalue weighted by atomic mass is 16.6. The van der Waals surface area contributed by atoms with Crippen molar-refractivity contribution >= 4 is 0 Å². The van der Waals surface area contributed by atoms with Gasteiger partial charge in [-0.1, -0.05) is 12.1 Å². The number of nitrogens with zero attached hydrogens (tertiary/aromatic N) is 1. The summed E-state index contributed by atoms with van der Waals surface area (Å²) in [6.07, 6.45) is 0. The first-order valence-electron chi connectivity index (χ1n) is 4.52. The number of hydrogen-bond donors (Lipinski definition) is 0. The van der Waals surface area contributed by atoms with Crippen molar-refractivity contribution in [2.45, 2.75) is 6.92 Å². The molecule has 15 heavy (non-hydrogen) atoms. The summed E-state index contributed by atoms with van der Waals surface area (Å²) in [5, 5.41) is 8.56. The minimum absolute atomic E-state index is 0.248. The number of ether oxygens (including phenoxy) is 1. The van der Waals surface area contributed by atoms with E-state index in [0.717, 1.165) is 5.56 Å². The molecule has 3 nitrogen and oxygen atoms in total. The Hall–Kier alpha value is -2.21. The average Bonchev–Trinajstić information content (AvgIpc) is 2.65. The number of rotatable bonds is 2. The number of hydrogen-bond acceptors (Lipinski definition) is 3. The van der Waals surface area contributed by atoms with E-state index in [2.05, 4.69) is 0 Å². The molecule has 0 saturated carbocycles. The molecule has 0 saturated heterocycles. The largest absolute Gasteiger partial charge is 0.426 e. The first-order chi connectivity index (χ1) is 7.28. The van der Waals surface area contributed by atoms with E-state index in [4.69, 9.17) is 14.4 Å². The Morgan fingerprint density at radius 1 is 1.27 bits per heavy atom. The molecular formula is C12H9NO2. The lowest BCUT2D eigenvalue weighted by atomic mass is 10.2. The van der Waals surface area contributed by atoms with Crippen molar-refractivity contribution in [3.05, 3.63) is 47.7 Å². The molecule has 1 aromatic carbocycles. The third-order valence-corrected chi connectivity index (χ3v) is 1.90. The van der Waals surface area contributed by atoms with Crippen molar-refractivity contribution in [1.29, 1.82) is 5.26 Å². The second kappa shape index (κ2) is 3.89. The van der Waals surface area contributed by atoms with Crippen molar-refractivity contribution in [1.82, 2.24) is 0 Å². The van der Waals surface area contributed by atoms with Crippen LogP contribution in [-0.4, -0.2) is 0 Å². The molecule has 74 valence electrons. The second-order valence-corrected chi connectivity index (χ2v) is 3.15. The predicted octanol–water partition coefficient (Wildman–Crippen LogP) is 3.25. The zero-order valence-corrected chi connectivity index (χ0v) is 8.23. The first-order valence-corrected chi connectivity index (χ1v) is 4.52. The monoisotopic (exact) mass is 199 g/mol. The fraction of sp³-hybridized carbons (Fsp3) is 0.0833. The lowest BCUT2D eigenvalue weighted by molar-refractivity contribution is 0.343. The number of furan rings is 1. The van der Waals surface area contributed by atoms with Crippen molar-refractivity contribution < 1.29 is 9.15 Å². The number of aryl methyl sites for hydroxylation is 1. The van der Waals surface area contributed by atoms with Crippen molar-refractivity contribution in [2.24, 2.45) is 0 Å². The van der Waals surface area contributed by atoms with Crippen LogP contribution in [0.2, 0.25) is 0 Å². The fourth-order valence-corrected chi connectivity index (χ4v) is 1.23. The van der Waals surface area contributed by atoms with E-state index in [1.807, 2.05) is 37.3 Å². The third-order valence-electron chi connectivity index (χ3n) is 1.90. The highest BCUT2D eigenvalue weighted by molar-refractivity contribution is 5.31. The van der Waals surface area contributed by atoms with Crippen LogP contribution in [-0.2, 0) is 0 Å². The zero-order valence-electron chi connectivity index (χ0n) is 8.23. The van der Waals surface area contributed by atoms with Gasteiger partial charge in [-0.15, -0.1) is 0 Å². The van der Waals surface area contributed by atoms with Crippen LogP contribution in [0.4, 0.5) is 0 Å². The number of benzene rings is 1. The summed E-state index contributed by atoms with van der Waals surface area (Å²) in [6.45, 7) is 1.98. The summed E-state index contributed by atoms with van der Waals surface area (Å²) in [6, 6.07) is 12.7. The van der Waals surface area contributed by atoms with Gasteiger partial charge in [0.1, 0.15) is 11.8 Å². The van der Waals surface area contributed by atoms with Crippen LogP contribution < -0.4 is 4.74 Å². The summed E-state index contributed by atoms with van der Waals surface area (Å²) >= 11 is 0. The maximum Gasteiger partial charge on any atom is 0.291 e. The topological polar surface area (TPSA) is 46.2 Å². The van der Waals surface area contributed by atoms with Crippen molar-refractivity contribution in [2.75, 3.05) is 0 Å². The maximum absolute atomic E-state index is 8.56. The van der Waals surface area contributed by atoms with Gasteiger partial charge in [0.25, 0.3) is 5.95 Å². The smallest absolute Gasteiger partial charge is 0.291 e. The van der Waals surface area contributed by atoms with Crippen LogP contribution >= 0.6 is 0 Å². The zero-order chi connectivity index (χ0) is 10.7. The van der Waals surface area contributed by atoms with Crippen LogP contribution in [0.3, 0.4) is 0 Å². The van der Waals surface area contributed by atoms with Crippen LogP contribution in [0.25, 0.3) is 0 Å². The van der Waals surface area contributed by atoms with Gasteiger partial charge < -0.3 is 9.15 Å². The maximum atomic E-state index is 8.56. The van der Waals surface area contributed by atoms with Gasteiger partial charge in [-0.2, -0.15) is 5.26 Å². The van der Waals surface area contributed by atoms with Crippen LogP contribution in [0.15, 0.2) is 40.8 Å². The molecular weight excluding hydrogens is 190 g/mol. The SMILES string of the molecule is Cc1cccc(Oc2ccc(C#N)o2)c1. The molecule has 0 radical (unpaired) electrons. The van der Waals surface area contributed by atoms with Gasteiger partial charge in [-0.3, -0.25) is 0 Å². The Kier molecular flexibility index (Phi) is 2.42. The summed E-state index contributed by atoms with van der Waals surface area (Å²) in [4.78, 5) is 0. The van der Waals surface area contributed by atoms with E-state index in [1.54, 1.807) is 12.1 Å². The molecule has 0 fully saturated rings. The molecule has 0 amide bonds. The van der Waals surface area contributed by atoms with Gasteiger partial charge in [0.05, 0.1) is 0 Å². The molecule has 0 unspecified atom stereocenters. The lowest BCUT2D eigenvalue weighted by Crippen LogP contribution is -1.81. The van der Waals surface area contributed by atoms with E-state index >= 15 is 0 Å². The van der Waals surface area contributed by atoms with Gasteiger partial charge >= 0.3 is 0 Å². The molecule has 0 aliphatic heterocycles. The van der Waals surface area contributed by atoms with Gasteiger partial charge in [-0.05, 0) is 30.7 Å². The first kappa shape index (κ1) is 9.35. The van der Waals surface area contributed by atoms with E-state index in [0.29, 0.717) is 11.7 Å². The predicted molar refractivity (Wildman–Crippen MR) is 54.7 cm³/mol. The molecule has 2 aromatic rings. The molecule has 0 atom stereocenters. The lowest BCUT2D eigenvalue weighted by Gasteiger charge is -2.01. The standard InChI is InChI=1S/C12H9NO2/c1-9-3-2-4-10(7-9)14-12-6-5-11(8-13)15-12/h2-7H,1H3. The van der Waals surface area contributed by atoms with E-state index in [-0.39, 0.29) is 5.76 Å². The quantitative estimate of drug-likeness (QED) is 0.745. The molecule has 0 aliphatic carbocycles. The van der Waals surface area contributed by atoms with Gasteiger partial charge in [0.15, 0.2) is 0 Å². The van der Waals surface area contributed by atoms with E-state index < -0.39 is 0 Å². The number of nitriles is 1. The van der Waals surface area contributed by atoms with Crippen LogP contribution in [0.1, 0.15) is 11.3 Å². The van der Waals surface area contributed by atoms with Crippen LogP contribution in [0.5, 0.6) is 11.7 Å². The molecule has 2 rings (SSSR count). The second-order valence-electron chi connectivity index (χ2n) is 3.15. The minimum atomic E-state index is 0.248. The molecule has 0 bridgehead atoms. The Bertz CT molecular complexity index is 508. The Morgan fingerprint density at radius 2 is 2.13 bits per heavy atom. The van der Waals surface area contributed by atoms with E-state index in [1.165, 1.54) is 0 Å². The molecule has 0 N–H and O–H groups in total. The Labute approximate surface area is 87.5 Å². The molecule has 0 spiro atoms. The Balaban J connectivity index is 2.19. The normalized spacial score (nSPS) is 9.60. The minimum Gasteiger partial charge on any atom is -0.426 e. The Morgan fingerprint density at radius 3 is 2.80 bits per heavy atom. The molecule has 0 aliphatic rings. The van der Waals surface area contributed by atoms with Gasteiger partial charge in [0.2, 0.25) is 5.76 Å². The van der Waals surface area contributed by atoms with Gasteiger partial charge in [-0.25, -0.2) is 0 Å². The highest BCUT2D eigenvalue weighted by Gasteiger charge is 2.03. The summed E-state index contributed by atoms with van der Waals surface area (Å²) in [5.74, 6) is 1.28.